The summed E-state index contributed by atoms with van der Waals surface area (Å²) in [6.07, 6.45) is 6.07. The Labute approximate surface area is 193 Å². The molecule has 6 nitrogen and oxygen atoms in total. The van der Waals surface area contributed by atoms with Gasteiger partial charge < -0.3 is 9.26 Å². The zero-order chi connectivity index (χ0) is 22.1. The molecule has 0 radical (unpaired) electrons. The first kappa shape index (κ1) is 21.0. The van der Waals surface area contributed by atoms with Crippen molar-refractivity contribution < 1.29 is 9.26 Å². The van der Waals surface area contributed by atoms with E-state index in [1.165, 1.54) is 28.6 Å². The molecule has 1 aliphatic carbocycles. The first-order valence-corrected chi connectivity index (χ1v) is 12.4. The molecule has 0 spiro atoms. The van der Waals surface area contributed by atoms with Crippen LogP contribution in [-0.4, -0.2) is 21.8 Å². The van der Waals surface area contributed by atoms with Gasteiger partial charge in [-0.3, -0.25) is 9.36 Å². The summed E-state index contributed by atoms with van der Waals surface area (Å²) in [4.78, 5) is 20.4. The molecule has 3 heterocycles. The number of rotatable bonds is 7. The van der Waals surface area contributed by atoms with Gasteiger partial charge >= 0.3 is 0 Å². The van der Waals surface area contributed by atoms with Crippen molar-refractivity contribution in [3.05, 3.63) is 69.5 Å². The monoisotopic (exact) mass is 465 g/mol. The molecule has 0 N–H and O–H groups in total. The number of thiophene rings is 1. The summed E-state index contributed by atoms with van der Waals surface area (Å²) in [5, 5.41) is 5.68. The van der Waals surface area contributed by atoms with Gasteiger partial charge in [-0.05, 0) is 43.4 Å². The largest absolute Gasteiger partial charge is 0.496 e. The quantitative estimate of drug-likeness (QED) is 0.205. The number of aromatic nitrogens is 3. The average Bonchev–Trinajstić information content (AvgIpc) is 3.44. The molecule has 3 aromatic heterocycles. The minimum absolute atomic E-state index is 0.0316. The van der Waals surface area contributed by atoms with Crippen LogP contribution in [0.5, 0.6) is 5.75 Å². The van der Waals surface area contributed by atoms with Crippen LogP contribution in [-0.2, 0) is 25.1 Å². The maximum Gasteiger partial charge on any atom is 0.263 e. The van der Waals surface area contributed by atoms with E-state index < -0.39 is 0 Å². The third kappa shape index (κ3) is 3.78. The van der Waals surface area contributed by atoms with Crippen LogP contribution in [0.2, 0.25) is 0 Å². The molecule has 32 heavy (non-hydrogen) atoms. The van der Waals surface area contributed by atoms with Gasteiger partial charge in [0.2, 0.25) is 0 Å². The molecule has 0 aliphatic heterocycles. The van der Waals surface area contributed by atoms with E-state index in [0.29, 0.717) is 23.2 Å². The lowest BCUT2D eigenvalue weighted by Crippen LogP contribution is -2.23. The number of para-hydroxylation sites is 1. The molecule has 0 saturated heterocycles. The Balaban J connectivity index is 1.46. The zero-order valence-electron chi connectivity index (χ0n) is 17.8. The Morgan fingerprint density at radius 2 is 2.16 bits per heavy atom. The summed E-state index contributed by atoms with van der Waals surface area (Å²) in [7, 11) is 1.64. The number of benzene rings is 1. The van der Waals surface area contributed by atoms with Crippen molar-refractivity contribution >= 4 is 33.3 Å². The summed E-state index contributed by atoms with van der Waals surface area (Å²) in [6.45, 7) is 4.26. The van der Waals surface area contributed by atoms with E-state index in [-0.39, 0.29) is 5.56 Å². The molecule has 0 fully saturated rings. The zero-order valence-corrected chi connectivity index (χ0v) is 19.4. The minimum atomic E-state index is 0.0316. The van der Waals surface area contributed by atoms with Gasteiger partial charge in [0.15, 0.2) is 5.16 Å². The molecule has 0 saturated carbocycles. The van der Waals surface area contributed by atoms with Crippen molar-refractivity contribution in [1.82, 2.24) is 14.7 Å². The Kier molecular flexibility index (Phi) is 5.89. The standard InChI is InChI=1S/C24H23N3O3S2/c1-3-12-27-23(28)21-17-9-5-7-11-20(17)32-22(21)25-24(27)31-14-15-13-18(26-30-15)16-8-4-6-10-19(16)29-2/h3-4,6,8,10,13H,1,5,7,9,11-12,14H2,2H3. The summed E-state index contributed by atoms with van der Waals surface area (Å²) in [5.74, 6) is 1.97. The number of allylic oxidation sites excluding steroid dienone is 1. The van der Waals surface area contributed by atoms with E-state index >= 15 is 0 Å². The Morgan fingerprint density at radius 1 is 1.31 bits per heavy atom. The van der Waals surface area contributed by atoms with Crippen LogP contribution in [0, 0.1) is 0 Å². The van der Waals surface area contributed by atoms with Crippen LogP contribution in [0.15, 0.2) is 57.5 Å². The van der Waals surface area contributed by atoms with E-state index in [4.69, 9.17) is 14.2 Å². The van der Waals surface area contributed by atoms with E-state index in [2.05, 4.69) is 11.7 Å². The van der Waals surface area contributed by atoms with Crippen LogP contribution < -0.4 is 10.3 Å². The molecular formula is C24H23N3O3S2. The van der Waals surface area contributed by atoms with Crippen molar-refractivity contribution in [3.8, 4) is 17.0 Å². The number of aryl methyl sites for hydroxylation is 2. The lowest BCUT2D eigenvalue weighted by atomic mass is 9.97. The topological polar surface area (TPSA) is 70.2 Å². The molecule has 4 aromatic rings. The molecule has 0 amide bonds. The lowest BCUT2D eigenvalue weighted by molar-refractivity contribution is 0.395. The molecular weight excluding hydrogens is 442 g/mol. The second-order valence-corrected chi connectivity index (χ2v) is 9.68. The number of methoxy groups -OCH3 is 1. The van der Waals surface area contributed by atoms with Crippen LogP contribution in [0.3, 0.4) is 0 Å². The van der Waals surface area contributed by atoms with Crippen molar-refractivity contribution in [1.29, 1.82) is 0 Å². The van der Waals surface area contributed by atoms with Crippen LogP contribution in [0.4, 0.5) is 0 Å². The predicted molar refractivity (Wildman–Crippen MR) is 129 cm³/mol. The van der Waals surface area contributed by atoms with E-state index in [0.717, 1.165) is 46.5 Å². The minimum Gasteiger partial charge on any atom is -0.496 e. The summed E-state index contributed by atoms with van der Waals surface area (Å²) < 4.78 is 12.7. The molecule has 5 rings (SSSR count). The Morgan fingerprint density at radius 3 is 3.00 bits per heavy atom. The van der Waals surface area contributed by atoms with Crippen LogP contribution in [0.1, 0.15) is 29.0 Å². The van der Waals surface area contributed by atoms with E-state index in [1.54, 1.807) is 29.1 Å². The van der Waals surface area contributed by atoms with Gasteiger partial charge in [0.05, 0.1) is 18.2 Å². The number of nitrogens with zero attached hydrogens (tertiary/aromatic N) is 3. The maximum absolute atomic E-state index is 13.4. The molecule has 1 aliphatic rings. The van der Waals surface area contributed by atoms with Gasteiger partial charge in [0.25, 0.3) is 5.56 Å². The highest BCUT2D eigenvalue weighted by molar-refractivity contribution is 7.98. The third-order valence-corrected chi connectivity index (χ3v) is 7.82. The fraction of sp³-hybridized carbons (Fsp3) is 0.292. The number of thioether (sulfide) groups is 1. The van der Waals surface area contributed by atoms with Crippen molar-refractivity contribution in [3.63, 3.8) is 0 Å². The SMILES string of the molecule is C=CCn1c(SCc2cc(-c3ccccc3OC)no2)nc2sc3c(c2c1=O)CCCC3. The maximum atomic E-state index is 13.4. The summed E-state index contributed by atoms with van der Waals surface area (Å²) in [5.41, 5.74) is 2.84. The molecule has 0 unspecified atom stereocenters. The van der Waals surface area contributed by atoms with Gasteiger partial charge in [0, 0.05) is 23.1 Å². The van der Waals surface area contributed by atoms with Gasteiger partial charge in [-0.1, -0.05) is 35.1 Å². The van der Waals surface area contributed by atoms with E-state index in [9.17, 15) is 4.79 Å². The van der Waals surface area contributed by atoms with E-state index in [1.807, 2.05) is 30.3 Å². The van der Waals surface area contributed by atoms with Crippen LogP contribution >= 0.6 is 23.1 Å². The smallest absolute Gasteiger partial charge is 0.263 e. The highest BCUT2D eigenvalue weighted by atomic mass is 32.2. The third-order valence-electron chi connectivity index (χ3n) is 5.64. The average molecular weight is 466 g/mol. The van der Waals surface area contributed by atoms with Crippen LogP contribution in [0.25, 0.3) is 21.5 Å². The first-order chi connectivity index (χ1) is 15.7. The van der Waals surface area contributed by atoms with Gasteiger partial charge in [-0.15, -0.1) is 17.9 Å². The number of ether oxygens (including phenoxy) is 1. The lowest BCUT2D eigenvalue weighted by Gasteiger charge is -2.12. The molecule has 164 valence electrons. The fourth-order valence-electron chi connectivity index (χ4n) is 4.12. The van der Waals surface area contributed by atoms with Crippen molar-refractivity contribution in [2.24, 2.45) is 0 Å². The summed E-state index contributed by atoms with van der Waals surface area (Å²) in [6, 6.07) is 9.61. The summed E-state index contributed by atoms with van der Waals surface area (Å²) >= 11 is 3.15. The number of hydrogen-bond acceptors (Lipinski definition) is 7. The fourth-order valence-corrected chi connectivity index (χ4v) is 6.31. The highest BCUT2D eigenvalue weighted by Crippen LogP contribution is 2.35. The van der Waals surface area contributed by atoms with Gasteiger partial charge in [-0.2, -0.15) is 0 Å². The molecule has 0 bridgehead atoms. The Hall–Kier alpha value is -2.84. The van der Waals surface area contributed by atoms with Gasteiger partial charge in [0.1, 0.15) is 22.0 Å². The Bertz CT molecular complexity index is 1350. The van der Waals surface area contributed by atoms with Crippen molar-refractivity contribution in [2.45, 2.75) is 43.1 Å². The van der Waals surface area contributed by atoms with Crippen molar-refractivity contribution in [2.75, 3.05) is 7.11 Å². The first-order valence-electron chi connectivity index (χ1n) is 10.6. The molecule has 8 heteroatoms. The molecule has 0 atom stereocenters. The second kappa shape index (κ2) is 8.96. The normalized spacial score (nSPS) is 13.3. The number of fused-ring (bicyclic) bond motifs is 3. The second-order valence-electron chi connectivity index (χ2n) is 7.66. The molecule has 1 aromatic carbocycles. The number of hydrogen-bond donors (Lipinski definition) is 0. The van der Waals surface area contributed by atoms with Gasteiger partial charge in [-0.25, -0.2) is 4.98 Å². The predicted octanol–water partition coefficient (Wildman–Crippen LogP) is 5.48. The highest BCUT2D eigenvalue weighted by Gasteiger charge is 2.22.